The van der Waals surface area contributed by atoms with Gasteiger partial charge in [0.15, 0.2) is 0 Å². The van der Waals surface area contributed by atoms with E-state index in [4.69, 9.17) is 0 Å². The zero-order chi connectivity index (χ0) is 22.1. The number of aryl methyl sites for hydroxylation is 1. The molecule has 1 aliphatic carbocycles. The van der Waals surface area contributed by atoms with E-state index in [1.165, 1.54) is 30.4 Å². The molecule has 1 fully saturated rings. The van der Waals surface area contributed by atoms with Crippen LogP contribution in [0, 0.1) is 5.92 Å². The maximum absolute atomic E-state index is 11.0. The fraction of sp³-hybridized carbons (Fsp3) is 0.625. The van der Waals surface area contributed by atoms with Crippen molar-refractivity contribution in [1.29, 1.82) is 0 Å². The second-order valence-electron chi connectivity index (χ2n) is 8.84. The second-order valence-corrected chi connectivity index (χ2v) is 8.84. The highest BCUT2D eigenvalue weighted by atomic mass is 16.1. The summed E-state index contributed by atoms with van der Waals surface area (Å²) >= 11 is 0. The van der Waals surface area contributed by atoms with Gasteiger partial charge in [-0.05, 0) is 83.1 Å². The average Bonchev–Trinajstić information content (AvgIpc) is 3.36. The first-order valence-corrected chi connectivity index (χ1v) is 11.7. The van der Waals surface area contributed by atoms with E-state index in [0.29, 0.717) is 24.2 Å². The SMILES string of the molecule is C=C(C)CCNCCCNCC1CC[C@H](n2cc(CCC)c3c(NC=O)ncnc32)C1. The lowest BCUT2D eigenvalue weighted by Crippen LogP contribution is -2.26. The van der Waals surface area contributed by atoms with Crippen molar-refractivity contribution in [2.75, 3.05) is 31.5 Å². The zero-order valence-corrected chi connectivity index (χ0v) is 19.1. The molecule has 2 aromatic rings. The molecule has 2 atom stereocenters. The van der Waals surface area contributed by atoms with Crippen molar-refractivity contribution < 1.29 is 4.79 Å². The molecular formula is C24H38N6O. The van der Waals surface area contributed by atoms with E-state index in [2.05, 4.69) is 57.1 Å². The molecule has 2 heterocycles. The molecule has 0 aliphatic heterocycles. The summed E-state index contributed by atoms with van der Waals surface area (Å²) in [5.74, 6) is 1.32. The molecule has 1 unspecified atom stereocenters. The van der Waals surface area contributed by atoms with Crippen LogP contribution in [0.15, 0.2) is 24.7 Å². The fourth-order valence-corrected chi connectivity index (χ4v) is 4.62. The molecule has 0 spiro atoms. The molecule has 3 rings (SSSR count). The van der Waals surface area contributed by atoms with E-state index in [1.807, 2.05) is 0 Å². The summed E-state index contributed by atoms with van der Waals surface area (Å²) < 4.78 is 2.34. The van der Waals surface area contributed by atoms with Crippen molar-refractivity contribution in [1.82, 2.24) is 25.2 Å². The summed E-state index contributed by atoms with van der Waals surface area (Å²) in [6.07, 6.45) is 12.3. The summed E-state index contributed by atoms with van der Waals surface area (Å²) in [5.41, 5.74) is 3.41. The molecule has 1 aliphatic rings. The Bertz CT molecular complexity index is 861. The number of hydrogen-bond acceptors (Lipinski definition) is 5. The molecule has 0 radical (unpaired) electrons. The van der Waals surface area contributed by atoms with Crippen LogP contribution in [-0.4, -0.2) is 47.1 Å². The van der Waals surface area contributed by atoms with E-state index in [0.717, 1.165) is 62.9 Å². The summed E-state index contributed by atoms with van der Waals surface area (Å²) in [6, 6.07) is 0.461. The van der Waals surface area contributed by atoms with E-state index < -0.39 is 0 Å². The van der Waals surface area contributed by atoms with Crippen LogP contribution in [0.4, 0.5) is 5.82 Å². The Morgan fingerprint density at radius 3 is 2.87 bits per heavy atom. The molecule has 0 bridgehead atoms. The van der Waals surface area contributed by atoms with Gasteiger partial charge in [0.25, 0.3) is 0 Å². The van der Waals surface area contributed by atoms with Gasteiger partial charge in [-0.15, -0.1) is 6.58 Å². The molecule has 7 nitrogen and oxygen atoms in total. The summed E-state index contributed by atoms with van der Waals surface area (Å²) in [4.78, 5) is 19.9. The van der Waals surface area contributed by atoms with E-state index in [1.54, 1.807) is 6.33 Å². The van der Waals surface area contributed by atoms with Crippen LogP contribution in [0.3, 0.4) is 0 Å². The van der Waals surface area contributed by atoms with Gasteiger partial charge in [-0.25, -0.2) is 9.97 Å². The molecular weight excluding hydrogens is 388 g/mol. The Kier molecular flexibility index (Phi) is 9.03. The van der Waals surface area contributed by atoms with Gasteiger partial charge < -0.3 is 20.5 Å². The van der Waals surface area contributed by atoms with Crippen molar-refractivity contribution >= 4 is 23.3 Å². The zero-order valence-electron chi connectivity index (χ0n) is 19.1. The standard InChI is InChI=1S/C24H38N6O/c1-4-6-20-15-30(24-22(20)23(29-17-31)27-16-28-24)21-8-7-19(13-21)14-26-11-5-10-25-12-9-18(2)3/h15-17,19,21,25-26H,2,4-14H2,1,3H3,(H,27,28,29,31)/t19?,21-/m0/s1. The first-order valence-electron chi connectivity index (χ1n) is 11.7. The quantitative estimate of drug-likeness (QED) is 0.243. The number of anilines is 1. The highest BCUT2D eigenvalue weighted by molar-refractivity contribution is 5.94. The van der Waals surface area contributed by atoms with Crippen LogP contribution in [-0.2, 0) is 11.2 Å². The van der Waals surface area contributed by atoms with Crippen LogP contribution in [0.1, 0.15) is 64.0 Å². The van der Waals surface area contributed by atoms with Gasteiger partial charge in [-0.2, -0.15) is 0 Å². The maximum atomic E-state index is 11.0. The molecule has 7 heteroatoms. The second kappa shape index (κ2) is 12.0. The number of nitrogens with zero attached hydrogens (tertiary/aromatic N) is 3. The maximum Gasteiger partial charge on any atom is 0.212 e. The Morgan fingerprint density at radius 1 is 1.26 bits per heavy atom. The third kappa shape index (κ3) is 6.37. The highest BCUT2D eigenvalue weighted by Crippen LogP contribution is 2.38. The lowest BCUT2D eigenvalue weighted by Gasteiger charge is -2.15. The monoisotopic (exact) mass is 426 g/mol. The third-order valence-corrected chi connectivity index (χ3v) is 6.18. The number of rotatable bonds is 14. The minimum atomic E-state index is 0.461. The Morgan fingerprint density at radius 2 is 2.10 bits per heavy atom. The first-order chi connectivity index (χ1) is 15.1. The fourth-order valence-electron chi connectivity index (χ4n) is 4.62. The predicted octanol–water partition coefficient (Wildman–Crippen LogP) is 3.83. The van der Waals surface area contributed by atoms with Crippen molar-refractivity contribution in [2.24, 2.45) is 5.92 Å². The lowest BCUT2D eigenvalue weighted by molar-refractivity contribution is -0.105. The van der Waals surface area contributed by atoms with Crippen LogP contribution in [0.2, 0.25) is 0 Å². The van der Waals surface area contributed by atoms with Crippen LogP contribution < -0.4 is 16.0 Å². The van der Waals surface area contributed by atoms with Gasteiger partial charge in [0.1, 0.15) is 17.8 Å². The Balaban J connectivity index is 1.52. The highest BCUT2D eigenvalue weighted by Gasteiger charge is 2.28. The predicted molar refractivity (Wildman–Crippen MR) is 127 cm³/mol. The van der Waals surface area contributed by atoms with Gasteiger partial charge in [-0.3, -0.25) is 4.79 Å². The number of carbonyl (C=O) groups excluding carboxylic acids is 1. The molecule has 3 N–H and O–H groups in total. The topological polar surface area (TPSA) is 83.9 Å². The number of aromatic nitrogens is 3. The minimum Gasteiger partial charge on any atom is -0.329 e. The molecule has 1 amide bonds. The minimum absolute atomic E-state index is 0.461. The number of carbonyl (C=O) groups is 1. The van der Waals surface area contributed by atoms with Gasteiger partial charge in [0.05, 0.1) is 5.39 Å². The number of hydrogen-bond donors (Lipinski definition) is 3. The van der Waals surface area contributed by atoms with Crippen LogP contribution in [0.25, 0.3) is 11.0 Å². The Hall–Kier alpha value is -2.25. The molecule has 31 heavy (non-hydrogen) atoms. The van der Waals surface area contributed by atoms with Crippen molar-refractivity contribution in [3.63, 3.8) is 0 Å². The van der Waals surface area contributed by atoms with Crippen LogP contribution in [0.5, 0.6) is 0 Å². The molecule has 0 saturated heterocycles. The number of fused-ring (bicyclic) bond motifs is 1. The lowest BCUT2D eigenvalue weighted by atomic mass is 10.1. The third-order valence-electron chi connectivity index (χ3n) is 6.18. The largest absolute Gasteiger partial charge is 0.329 e. The molecule has 0 aromatic carbocycles. The first kappa shape index (κ1) is 23.4. The molecule has 170 valence electrons. The van der Waals surface area contributed by atoms with Gasteiger partial charge >= 0.3 is 0 Å². The van der Waals surface area contributed by atoms with E-state index in [-0.39, 0.29) is 0 Å². The van der Waals surface area contributed by atoms with Gasteiger partial charge in [0, 0.05) is 12.2 Å². The van der Waals surface area contributed by atoms with Gasteiger partial charge in [0.2, 0.25) is 6.41 Å². The number of amides is 1. The van der Waals surface area contributed by atoms with Crippen molar-refractivity contribution in [2.45, 2.75) is 64.8 Å². The number of nitrogens with one attached hydrogen (secondary N) is 3. The van der Waals surface area contributed by atoms with E-state index >= 15 is 0 Å². The van der Waals surface area contributed by atoms with Gasteiger partial charge in [-0.1, -0.05) is 18.9 Å². The van der Waals surface area contributed by atoms with E-state index in [9.17, 15) is 4.79 Å². The molecule has 1 saturated carbocycles. The smallest absolute Gasteiger partial charge is 0.212 e. The van der Waals surface area contributed by atoms with Crippen molar-refractivity contribution in [3.8, 4) is 0 Å². The van der Waals surface area contributed by atoms with Crippen LogP contribution >= 0.6 is 0 Å². The summed E-state index contributed by atoms with van der Waals surface area (Å²) in [5, 5.41) is 10.9. The summed E-state index contributed by atoms with van der Waals surface area (Å²) in [6.45, 7) is 12.4. The molecule has 2 aromatic heterocycles. The average molecular weight is 427 g/mol. The summed E-state index contributed by atoms with van der Waals surface area (Å²) in [7, 11) is 0. The van der Waals surface area contributed by atoms with Crippen molar-refractivity contribution in [3.05, 3.63) is 30.2 Å². The normalized spacial score (nSPS) is 18.5. The Labute approximate surface area is 186 Å².